The van der Waals surface area contributed by atoms with E-state index in [2.05, 4.69) is 5.32 Å². The first-order chi connectivity index (χ1) is 6.11. The van der Waals surface area contributed by atoms with Gasteiger partial charge < -0.3 is 15.3 Å². The van der Waals surface area contributed by atoms with Crippen LogP contribution in [-0.4, -0.2) is 48.2 Å². The first-order valence-corrected chi connectivity index (χ1v) is 4.10. The summed E-state index contributed by atoms with van der Waals surface area (Å²) in [5.41, 5.74) is 0. The molecular formula is C7H12F2N2O2. The third kappa shape index (κ3) is 2.80. The van der Waals surface area contributed by atoms with Gasteiger partial charge in [-0.15, -0.1) is 0 Å². The third-order valence-corrected chi connectivity index (χ3v) is 1.87. The van der Waals surface area contributed by atoms with E-state index >= 15 is 0 Å². The van der Waals surface area contributed by atoms with Crippen LogP contribution in [0.5, 0.6) is 0 Å². The van der Waals surface area contributed by atoms with Gasteiger partial charge in [0.1, 0.15) is 6.10 Å². The Morgan fingerprint density at radius 1 is 1.62 bits per heavy atom. The average molecular weight is 194 g/mol. The average Bonchev–Trinajstić information content (AvgIpc) is 2.08. The van der Waals surface area contributed by atoms with Crippen LogP contribution in [0.3, 0.4) is 0 Å². The predicted molar refractivity (Wildman–Crippen MR) is 41.6 cm³/mol. The number of hydrogen-bond acceptors (Lipinski definition) is 2. The summed E-state index contributed by atoms with van der Waals surface area (Å²) < 4.78 is 23.8. The van der Waals surface area contributed by atoms with Crippen molar-refractivity contribution in [2.45, 2.75) is 19.0 Å². The van der Waals surface area contributed by atoms with Crippen molar-refractivity contribution < 1.29 is 18.7 Å². The van der Waals surface area contributed by atoms with Crippen LogP contribution in [0.1, 0.15) is 6.42 Å². The summed E-state index contributed by atoms with van der Waals surface area (Å²) in [7, 11) is 0. The summed E-state index contributed by atoms with van der Waals surface area (Å²) >= 11 is 0. The summed E-state index contributed by atoms with van der Waals surface area (Å²) in [6, 6.07) is -0.383. The molecule has 0 spiro atoms. The molecule has 0 aromatic rings. The molecule has 1 atom stereocenters. The molecule has 0 aromatic carbocycles. The number of aliphatic hydroxyl groups excluding tert-OH is 1. The summed E-state index contributed by atoms with van der Waals surface area (Å²) in [5.74, 6) is 0. The van der Waals surface area contributed by atoms with E-state index in [1.807, 2.05) is 0 Å². The highest BCUT2D eigenvalue weighted by Gasteiger charge is 2.24. The zero-order valence-electron chi connectivity index (χ0n) is 7.04. The molecule has 1 saturated heterocycles. The second-order valence-corrected chi connectivity index (χ2v) is 2.93. The fraction of sp³-hybridized carbons (Fsp3) is 0.857. The van der Waals surface area contributed by atoms with Gasteiger partial charge >= 0.3 is 6.03 Å². The molecule has 1 fully saturated rings. The molecule has 0 bridgehead atoms. The molecule has 76 valence electrons. The maximum Gasteiger partial charge on any atom is 0.317 e. The molecule has 2 amide bonds. The van der Waals surface area contributed by atoms with Gasteiger partial charge in [-0.05, 0) is 6.42 Å². The molecule has 1 heterocycles. The van der Waals surface area contributed by atoms with Crippen molar-refractivity contribution in [3.63, 3.8) is 0 Å². The molecule has 4 nitrogen and oxygen atoms in total. The van der Waals surface area contributed by atoms with Crippen molar-refractivity contribution in [3.05, 3.63) is 0 Å². The van der Waals surface area contributed by atoms with Crippen LogP contribution in [-0.2, 0) is 0 Å². The zero-order valence-corrected chi connectivity index (χ0v) is 7.04. The van der Waals surface area contributed by atoms with Crippen LogP contribution in [0.25, 0.3) is 0 Å². The number of urea groups is 1. The first kappa shape index (κ1) is 10.2. The summed E-state index contributed by atoms with van der Waals surface area (Å²) in [4.78, 5) is 12.2. The van der Waals surface area contributed by atoms with Gasteiger partial charge in [-0.1, -0.05) is 0 Å². The van der Waals surface area contributed by atoms with Crippen LogP contribution < -0.4 is 5.32 Å². The molecular weight excluding hydrogens is 182 g/mol. The van der Waals surface area contributed by atoms with Gasteiger partial charge in [0.2, 0.25) is 0 Å². The van der Waals surface area contributed by atoms with E-state index in [-0.39, 0.29) is 12.6 Å². The lowest BCUT2D eigenvalue weighted by Gasteiger charge is -2.28. The minimum Gasteiger partial charge on any atom is -0.385 e. The van der Waals surface area contributed by atoms with Gasteiger partial charge in [0, 0.05) is 13.1 Å². The largest absolute Gasteiger partial charge is 0.385 e. The van der Waals surface area contributed by atoms with Gasteiger partial charge in [0.15, 0.2) is 0 Å². The lowest BCUT2D eigenvalue weighted by molar-refractivity contribution is -0.0185. The van der Waals surface area contributed by atoms with Gasteiger partial charge in [-0.3, -0.25) is 0 Å². The Hall–Kier alpha value is -0.910. The van der Waals surface area contributed by atoms with Gasteiger partial charge in [0.05, 0.1) is 6.54 Å². The molecule has 0 saturated carbocycles. The summed E-state index contributed by atoms with van der Waals surface area (Å²) in [6.45, 7) is 0.694. The van der Waals surface area contributed by atoms with Gasteiger partial charge in [-0.25, -0.2) is 13.6 Å². The molecule has 0 aliphatic carbocycles. The maximum atomic E-state index is 11.9. The third-order valence-electron chi connectivity index (χ3n) is 1.87. The number of halogens is 2. The van der Waals surface area contributed by atoms with Crippen LogP contribution in [0.15, 0.2) is 0 Å². The molecule has 1 rings (SSSR count). The number of alkyl halides is 2. The van der Waals surface area contributed by atoms with E-state index < -0.39 is 12.5 Å². The number of rotatable bonds is 3. The Morgan fingerprint density at radius 3 is 2.85 bits per heavy atom. The smallest absolute Gasteiger partial charge is 0.317 e. The second kappa shape index (κ2) is 4.36. The van der Waals surface area contributed by atoms with Crippen molar-refractivity contribution in [2.75, 3.05) is 19.6 Å². The monoisotopic (exact) mass is 194 g/mol. The van der Waals surface area contributed by atoms with Crippen molar-refractivity contribution in [3.8, 4) is 0 Å². The van der Waals surface area contributed by atoms with Crippen LogP contribution in [0, 0.1) is 0 Å². The Labute approximate surface area is 74.5 Å². The number of β-amino-alcohol motifs (C(OH)–C–C–N with tert-alkyl or cyclic N) is 1. The number of amides is 2. The lowest BCUT2D eigenvalue weighted by Crippen LogP contribution is -2.50. The predicted octanol–water partition coefficient (Wildman–Crippen LogP) is 0.0277. The van der Waals surface area contributed by atoms with Crippen LogP contribution in [0.4, 0.5) is 13.6 Å². The normalized spacial score (nSPS) is 20.3. The fourth-order valence-electron chi connectivity index (χ4n) is 1.16. The first-order valence-electron chi connectivity index (χ1n) is 4.10. The number of carbonyl (C=O) groups excluding carboxylic acids is 1. The SMILES string of the molecule is O=C1NCCCN1CC(O)C(F)F. The van der Waals surface area contributed by atoms with Crippen LogP contribution >= 0.6 is 0 Å². The van der Waals surface area contributed by atoms with E-state index in [1.54, 1.807) is 0 Å². The standard InChI is InChI=1S/C7H12F2N2O2/c8-6(9)5(12)4-11-3-1-2-10-7(11)13/h5-6,12H,1-4H2,(H,10,13). The molecule has 1 aliphatic rings. The Balaban J connectivity index is 2.38. The van der Waals surface area contributed by atoms with Crippen molar-refractivity contribution in [2.24, 2.45) is 0 Å². The van der Waals surface area contributed by atoms with Gasteiger partial charge in [0.25, 0.3) is 6.43 Å². The zero-order chi connectivity index (χ0) is 9.84. The van der Waals surface area contributed by atoms with E-state index in [0.717, 1.165) is 6.42 Å². The summed E-state index contributed by atoms with van der Waals surface area (Å²) in [5, 5.41) is 11.3. The van der Waals surface area contributed by atoms with Gasteiger partial charge in [-0.2, -0.15) is 0 Å². The summed E-state index contributed by atoms with van der Waals surface area (Å²) in [6.07, 6.45) is -3.82. The second-order valence-electron chi connectivity index (χ2n) is 2.93. The quantitative estimate of drug-likeness (QED) is 0.665. The van der Waals surface area contributed by atoms with E-state index in [4.69, 9.17) is 5.11 Å². The maximum absolute atomic E-state index is 11.9. The van der Waals surface area contributed by atoms with E-state index in [9.17, 15) is 13.6 Å². The lowest BCUT2D eigenvalue weighted by atomic mass is 10.3. The molecule has 0 aromatic heterocycles. The molecule has 0 radical (unpaired) electrons. The number of nitrogens with zero attached hydrogens (tertiary/aromatic N) is 1. The molecule has 1 aliphatic heterocycles. The van der Waals surface area contributed by atoms with E-state index in [0.29, 0.717) is 13.1 Å². The highest BCUT2D eigenvalue weighted by molar-refractivity contribution is 5.74. The number of aliphatic hydroxyl groups is 1. The minimum absolute atomic E-state index is 0.302. The molecule has 6 heteroatoms. The van der Waals surface area contributed by atoms with Crippen molar-refractivity contribution in [1.82, 2.24) is 10.2 Å². The Bertz CT molecular complexity index is 189. The fourth-order valence-corrected chi connectivity index (χ4v) is 1.16. The number of hydrogen-bond donors (Lipinski definition) is 2. The molecule has 1 unspecified atom stereocenters. The Morgan fingerprint density at radius 2 is 2.31 bits per heavy atom. The van der Waals surface area contributed by atoms with Crippen LogP contribution in [0.2, 0.25) is 0 Å². The topological polar surface area (TPSA) is 52.6 Å². The number of nitrogens with one attached hydrogen (secondary N) is 1. The highest BCUT2D eigenvalue weighted by atomic mass is 19.3. The minimum atomic E-state index is -2.80. The van der Waals surface area contributed by atoms with Crippen molar-refractivity contribution in [1.29, 1.82) is 0 Å². The molecule has 2 N–H and O–H groups in total. The van der Waals surface area contributed by atoms with E-state index in [1.165, 1.54) is 4.90 Å². The Kier molecular flexibility index (Phi) is 3.41. The highest BCUT2D eigenvalue weighted by Crippen LogP contribution is 2.06. The number of carbonyl (C=O) groups is 1. The molecule has 13 heavy (non-hydrogen) atoms. The van der Waals surface area contributed by atoms with Crippen molar-refractivity contribution >= 4 is 6.03 Å².